The smallest absolute Gasteiger partial charge is 0.356 e. The molecule has 0 saturated heterocycles. The summed E-state index contributed by atoms with van der Waals surface area (Å²) in [7, 11) is 0. The van der Waals surface area contributed by atoms with Gasteiger partial charge in [-0.05, 0) is 62.7 Å². The molecule has 0 amide bonds. The molecule has 1 aromatic rings. The standard InChI is InChI=1S/C15H21N3O2/c1-7-12(16)14(15(19)20)18(17-7)13-10-3-8-2-9(5-10)6-11(13)4-8/h8-11,13H,2-6,16H2,1H3,(H,19,20). The van der Waals surface area contributed by atoms with E-state index in [-0.39, 0.29) is 11.7 Å². The minimum absolute atomic E-state index is 0.208. The Bertz CT molecular complexity index is 550. The van der Waals surface area contributed by atoms with Crippen molar-refractivity contribution in [2.24, 2.45) is 23.7 Å². The number of nitrogens with zero attached hydrogens (tertiary/aromatic N) is 2. The molecular weight excluding hydrogens is 254 g/mol. The fourth-order valence-electron chi connectivity index (χ4n) is 5.28. The van der Waals surface area contributed by atoms with Crippen LogP contribution in [0.5, 0.6) is 0 Å². The number of carbonyl (C=O) groups is 1. The molecule has 0 aliphatic heterocycles. The predicted molar refractivity (Wildman–Crippen MR) is 74.4 cm³/mol. The van der Waals surface area contributed by atoms with E-state index in [9.17, 15) is 9.90 Å². The first-order chi connectivity index (χ1) is 9.54. The number of rotatable bonds is 2. The van der Waals surface area contributed by atoms with Gasteiger partial charge in [0.25, 0.3) is 0 Å². The summed E-state index contributed by atoms with van der Waals surface area (Å²) in [6.45, 7) is 1.80. The SMILES string of the molecule is Cc1nn(C2C3CC4CC(C3)CC2C4)c(C(=O)O)c1N. The summed E-state index contributed by atoms with van der Waals surface area (Å²) in [5, 5.41) is 14.0. The lowest BCUT2D eigenvalue weighted by atomic mass is 9.54. The van der Waals surface area contributed by atoms with Crippen LogP contribution in [0.1, 0.15) is 54.3 Å². The van der Waals surface area contributed by atoms with E-state index in [2.05, 4.69) is 5.10 Å². The van der Waals surface area contributed by atoms with Crippen LogP contribution in [-0.2, 0) is 0 Å². The summed E-state index contributed by atoms with van der Waals surface area (Å²) >= 11 is 0. The van der Waals surface area contributed by atoms with Gasteiger partial charge in [-0.15, -0.1) is 0 Å². The second-order valence-corrected chi connectivity index (χ2v) is 7.02. The van der Waals surface area contributed by atoms with Gasteiger partial charge >= 0.3 is 5.97 Å². The summed E-state index contributed by atoms with van der Waals surface area (Å²) in [5.41, 5.74) is 7.13. The highest BCUT2D eigenvalue weighted by Gasteiger charge is 2.50. The molecule has 5 heteroatoms. The van der Waals surface area contributed by atoms with E-state index >= 15 is 0 Å². The molecule has 20 heavy (non-hydrogen) atoms. The molecule has 4 fully saturated rings. The number of hydrogen-bond donors (Lipinski definition) is 2. The molecule has 4 aliphatic carbocycles. The quantitative estimate of drug-likeness (QED) is 0.868. The van der Waals surface area contributed by atoms with E-state index in [1.165, 1.54) is 32.1 Å². The fourth-order valence-corrected chi connectivity index (χ4v) is 5.28. The molecular formula is C15H21N3O2. The third kappa shape index (κ3) is 1.55. The molecule has 4 bridgehead atoms. The van der Waals surface area contributed by atoms with Gasteiger partial charge in [0.05, 0.1) is 17.4 Å². The first kappa shape index (κ1) is 12.2. The molecule has 5 rings (SSSR count). The molecule has 1 heterocycles. The number of aromatic nitrogens is 2. The van der Waals surface area contributed by atoms with E-state index in [0.717, 1.165) is 11.8 Å². The van der Waals surface area contributed by atoms with Crippen molar-refractivity contribution in [2.45, 2.75) is 45.1 Å². The fraction of sp³-hybridized carbons (Fsp3) is 0.733. The van der Waals surface area contributed by atoms with E-state index in [4.69, 9.17) is 5.73 Å². The number of aromatic carboxylic acids is 1. The van der Waals surface area contributed by atoms with Crippen molar-refractivity contribution in [3.8, 4) is 0 Å². The number of aryl methyl sites for hydroxylation is 1. The molecule has 108 valence electrons. The monoisotopic (exact) mass is 275 g/mol. The number of carboxylic acids is 1. The topological polar surface area (TPSA) is 81.1 Å². The van der Waals surface area contributed by atoms with E-state index in [1.54, 1.807) is 11.6 Å². The summed E-state index contributed by atoms with van der Waals surface area (Å²) in [5.74, 6) is 2.00. The molecule has 0 unspecified atom stereocenters. The lowest BCUT2D eigenvalue weighted by molar-refractivity contribution is -0.0347. The first-order valence-corrected chi connectivity index (χ1v) is 7.62. The third-order valence-corrected chi connectivity index (χ3v) is 5.79. The van der Waals surface area contributed by atoms with Gasteiger partial charge in [0, 0.05) is 0 Å². The van der Waals surface area contributed by atoms with Crippen LogP contribution in [-0.4, -0.2) is 20.9 Å². The third-order valence-electron chi connectivity index (χ3n) is 5.79. The minimum atomic E-state index is -0.947. The molecule has 0 spiro atoms. The summed E-state index contributed by atoms with van der Waals surface area (Å²) in [6.07, 6.45) is 6.38. The van der Waals surface area contributed by atoms with Crippen molar-refractivity contribution < 1.29 is 9.90 Å². The Morgan fingerprint density at radius 2 is 1.75 bits per heavy atom. The normalized spacial score (nSPS) is 38.4. The van der Waals surface area contributed by atoms with Gasteiger partial charge in [0.2, 0.25) is 0 Å². The van der Waals surface area contributed by atoms with Crippen LogP contribution in [0.15, 0.2) is 0 Å². The lowest BCUT2D eigenvalue weighted by Crippen LogP contribution is -2.46. The van der Waals surface area contributed by atoms with Gasteiger partial charge in [0.1, 0.15) is 0 Å². The van der Waals surface area contributed by atoms with Crippen LogP contribution in [0.25, 0.3) is 0 Å². The van der Waals surface area contributed by atoms with Crippen LogP contribution >= 0.6 is 0 Å². The van der Waals surface area contributed by atoms with Gasteiger partial charge in [-0.3, -0.25) is 4.68 Å². The van der Waals surface area contributed by atoms with Crippen LogP contribution in [0.3, 0.4) is 0 Å². The van der Waals surface area contributed by atoms with Crippen molar-refractivity contribution in [1.82, 2.24) is 9.78 Å². The Hall–Kier alpha value is -1.52. The van der Waals surface area contributed by atoms with E-state index < -0.39 is 5.97 Å². The van der Waals surface area contributed by atoms with Gasteiger partial charge in [0.15, 0.2) is 5.69 Å². The molecule has 5 nitrogen and oxygen atoms in total. The van der Waals surface area contributed by atoms with Crippen molar-refractivity contribution in [3.63, 3.8) is 0 Å². The highest BCUT2D eigenvalue weighted by atomic mass is 16.4. The predicted octanol–water partition coefficient (Wildman–Crippen LogP) is 2.47. The van der Waals surface area contributed by atoms with Gasteiger partial charge in [-0.1, -0.05) is 0 Å². The molecule has 1 aromatic heterocycles. The van der Waals surface area contributed by atoms with E-state index in [1.807, 2.05) is 0 Å². The number of nitrogens with two attached hydrogens (primary N) is 1. The van der Waals surface area contributed by atoms with Crippen molar-refractivity contribution in [2.75, 3.05) is 5.73 Å². The summed E-state index contributed by atoms with van der Waals surface area (Å²) in [4.78, 5) is 11.6. The van der Waals surface area contributed by atoms with Crippen molar-refractivity contribution >= 4 is 11.7 Å². The first-order valence-electron chi connectivity index (χ1n) is 7.62. The molecule has 4 aliphatic rings. The summed E-state index contributed by atoms with van der Waals surface area (Å²) < 4.78 is 1.76. The second kappa shape index (κ2) is 3.99. The number of nitrogen functional groups attached to an aromatic ring is 1. The molecule has 3 N–H and O–H groups in total. The zero-order valence-electron chi connectivity index (χ0n) is 11.7. The highest BCUT2D eigenvalue weighted by Crippen LogP contribution is 2.58. The van der Waals surface area contributed by atoms with Crippen molar-refractivity contribution in [1.29, 1.82) is 0 Å². The van der Waals surface area contributed by atoms with Crippen LogP contribution < -0.4 is 5.73 Å². The molecule has 4 saturated carbocycles. The molecule has 0 atom stereocenters. The maximum absolute atomic E-state index is 11.6. The number of anilines is 1. The molecule has 0 aromatic carbocycles. The highest BCUT2D eigenvalue weighted by molar-refractivity contribution is 5.92. The van der Waals surface area contributed by atoms with Crippen LogP contribution in [0.4, 0.5) is 5.69 Å². The average Bonchev–Trinajstić information content (AvgIpc) is 2.64. The Morgan fingerprint density at radius 3 is 2.25 bits per heavy atom. The second-order valence-electron chi connectivity index (χ2n) is 7.02. The minimum Gasteiger partial charge on any atom is -0.476 e. The summed E-state index contributed by atoms with van der Waals surface area (Å²) in [6, 6.07) is 0.255. The van der Waals surface area contributed by atoms with Crippen LogP contribution in [0.2, 0.25) is 0 Å². The van der Waals surface area contributed by atoms with Gasteiger partial charge in [-0.2, -0.15) is 5.10 Å². The van der Waals surface area contributed by atoms with Crippen molar-refractivity contribution in [3.05, 3.63) is 11.4 Å². The Labute approximate surface area is 118 Å². The van der Waals surface area contributed by atoms with Crippen LogP contribution in [0, 0.1) is 30.6 Å². The number of carboxylic acid groups (broad SMARTS) is 1. The Morgan fingerprint density at radius 1 is 1.20 bits per heavy atom. The maximum atomic E-state index is 11.6. The lowest BCUT2D eigenvalue weighted by Gasteiger charge is -2.54. The zero-order valence-corrected chi connectivity index (χ0v) is 11.7. The van der Waals surface area contributed by atoms with Gasteiger partial charge in [-0.25, -0.2) is 4.79 Å². The zero-order chi connectivity index (χ0) is 14.0. The van der Waals surface area contributed by atoms with Gasteiger partial charge < -0.3 is 10.8 Å². The average molecular weight is 275 g/mol. The van der Waals surface area contributed by atoms with E-state index in [0.29, 0.717) is 23.2 Å². The maximum Gasteiger partial charge on any atom is 0.356 e. The Kier molecular flexibility index (Phi) is 2.44. The Balaban J connectivity index is 1.78. The largest absolute Gasteiger partial charge is 0.476 e. The molecule has 0 radical (unpaired) electrons. The number of hydrogen-bond acceptors (Lipinski definition) is 3.